The zero-order valence-corrected chi connectivity index (χ0v) is 20.7. The monoisotopic (exact) mass is 518 g/mol. The van der Waals surface area contributed by atoms with E-state index >= 15 is 0 Å². The standard InChI is InChI=1S/C23H27BrN4O3S/c1-3-10-25-21(29)16-8-11-27(12-9-16)22(30)18-13-19-20(26-23(24)32-19)28(18)14-15-4-6-17(31-2)7-5-15/h4-7,13,16H,3,8-12,14H2,1-2H3,(H,25,29). The minimum Gasteiger partial charge on any atom is -0.497 e. The average molecular weight is 519 g/mol. The van der Waals surface area contributed by atoms with Crippen LogP contribution in [-0.4, -0.2) is 53.0 Å². The molecule has 0 bridgehead atoms. The number of thiazole rings is 1. The minimum absolute atomic E-state index is 0.00718. The molecule has 2 aromatic heterocycles. The molecule has 1 aromatic carbocycles. The lowest BCUT2D eigenvalue weighted by molar-refractivity contribution is -0.126. The van der Waals surface area contributed by atoms with E-state index in [1.807, 2.05) is 46.7 Å². The molecule has 0 atom stereocenters. The molecule has 0 spiro atoms. The number of hydrogen-bond acceptors (Lipinski definition) is 5. The van der Waals surface area contributed by atoms with Gasteiger partial charge in [-0.1, -0.05) is 19.1 Å². The number of nitrogens with one attached hydrogen (secondary N) is 1. The summed E-state index contributed by atoms with van der Waals surface area (Å²) >= 11 is 4.98. The lowest BCUT2D eigenvalue weighted by Gasteiger charge is -2.31. The number of nitrogens with zero attached hydrogens (tertiary/aromatic N) is 3. The van der Waals surface area contributed by atoms with Gasteiger partial charge >= 0.3 is 0 Å². The van der Waals surface area contributed by atoms with E-state index < -0.39 is 0 Å². The molecule has 0 aliphatic carbocycles. The van der Waals surface area contributed by atoms with Gasteiger partial charge in [0.15, 0.2) is 9.56 Å². The number of methoxy groups -OCH3 is 1. The van der Waals surface area contributed by atoms with Gasteiger partial charge in [-0.3, -0.25) is 9.59 Å². The fourth-order valence-electron chi connectivity index (χ4n) is 4.05. The minimum atomic E-state index is -0.0159. The van der Waals surface area contributed by atoms with Crippen LogP contribution in [0.4, 0.5) is 0 Å². The summed E-state index contributed by atoms with van der Waals surface area (Å²) < 4.78 is 9.01. The van der Waals surface area contributed by atoms with Gasteiger partial charge in [-0.05, 0) is 59.0 Å². The van der Waals surface area contributed by atoms with E-state index in [0.717, 1.165) is 32.0 Å². The summed E-state index contributed by atoms with van der Waals surface area (Å²) in [6, 6.07) is 9.77. The van der Waals surface area contributed by atoms with E-state index in [0.29, 0.717) is 44.7 Å². The number of carbonyl (C=O) groups is 2. The van der Waals surface area contributed by atoms with Crippen LogP contribution in [-0.2, 0) is 11.3 Å². The number of likely N-dealkylation sites (tertiary alicyclic amines) is 1. The van der Waals surface area contributed by atoms with Crippen LogP contribution in [0.3, 0.4) is 0 Å². The first kappa shape index (κ1) is 22.8. The number of piperidine rings is 1. The molecule has 4 rings (SSSR count). The topological polar surface area (TPSA) is 76.5 Å². The Morgan fingerprint density at radius 1 is 1.25 bits per heavy atom. The van der Waals surface area contributed by atoms with Crippen molar-refractivity contribution in [1.82, 2.24) is 19.8 Å². The zero-order chi connectivity index (χ0) is 22.7. The Morgan fingerprint density at radius 3 is 2.62 bits per heavy atom. The number of aromatic nitrogens is 2. The molecule has 1 aliphatic heterocycles. The number of carbonyl (C=O) groups excluding carboxylic acids is 2. The second-order valence-electron chi connectivity index (χ2n) is 7.98. The fourth-order valence-corrected chi connectivity index (χ4v) is 5.47. The third-order valence-corrected chi connectivity index (χ3v) is 7.29. The molecule has 3 aromatic rings. The third kappa shape index (κ3) is 4.83. The Balaban J connectivity index is 1.53. The lowest BCUT2D eigenvalue weighted by atomic mass is 9.95. The summed E-state index contributed by atoms with van der Waals surface area (Å²) in [5.74, 6) is 0.881. The van der Waals surface area contributed by atoms with Crippen LogP contribution < -0.4 is 10.1 Å². The summed E-state index contributed by atoms with van der Waals surface area (Å²) in [6.07, 6.45) is 2.31. The summed E-state index contributed by atoms with van der Waals surface area (Å²) in [4.78, 5) is 32.2. The van der Waals surface area contributed by atoms with Gasteiger partial charge in [-0.2, -0.15) is 0 Å². The highest BCUT2D eigenvalue weighted by Gasteiger charge is 2.30. The number of halogens is 1. The maximum absolute atomic E-state index is 13.5. The number of benzene rings is 1. The molecule has 32 heavy (non-hydrogen) atoms. The van der Waals surface area contributed by atoms with Crippen molar-refractivity contribution in [2.45, 2.75) is 32.7 Å². The highest BCUT2D eigenvalue weighted by molar-refractivity contribution is 9.11. The molecule has 1 aliphatic rings. The summed E-state index contributed by atoms with van der Waals surface area (Å²) in [5, 5.41) is 2.98. The van der Waals surface area contributed by atoms with Crippen molar-refractivity contribution < 1.29 is 14.3 Å². The van der Waals surface area contributed by atoms with Crippen LogP contribution in [0.2, 0.25) is 0 Å². The second-order valence-corrected chi connectivity index (χ2v) is 10.3. The number of rotatable bonds is 7. The number of ether oxygens (including phenoxy) is 1. The Kier molecular flexibility index (Phi) is 7.15. The molecule has 3 heterocycles. The first-order chi connectivity index (χ1) is 15.5. The SMILES string of the molecule is CCCNC(=O)C1CCN(C(=O)c2cc3sc(Br)nc3n2Cc2ccc(OC)cc2)CC1. The van der Waals surface area contributed by atoms with Gasteiger partial charge in [0.25, 0.3) is 5.91 Å². The Labute approximate surface area is 199 Å². The maximum Gasteiger partial charge on any atom is 0.270 e. The molecule has 1 saturated heterocycles. The van der Waals surface area contributed by atoms with Crippen LogP contribution >= 0.6 is 27.3 Å². The predicted molar refractivity (Wildman–Crippen MR) is 129 cm³/mol. The molecule has 1 N–H and O–H groups in total. The molecular formula is C23H27BrN4O3S. The van der Waals surface area contributed by atoms with Crippen molar-refractivity contribution in [3.8, 4) is 5.75 Å². The molecule has 1 fully saturated rings. The quantitative estimate of drug-likeness (QED) is 0.505. The largest absolute Gasteiger partial charge is 0.497 e. The highest BCUT2D eigenvalue weighted by Crippen LogP contribution is 2.31. The average Bonchev–Trinajstić information content (AvgIpc) is 3.34. The first-order valence-corrected chi connectivity index (χ1v) is 12.5. The molecule has 9 heteroatoms. The van der Waals surface area contributed by atoms with Crippen LogP contribution in [0.25, 0.3) is 10.3 Å². The molecule has 170 valence electrons. The molecule has 0 unspecified atom stereocenters. The summed E-state index contributed by atoms with van der Waals surface area (Å²) in [7, 11) is 1.64. The summed E-state index contributed by atoms with van der Waals surface area (Å²) in [6.45, 7) is 4.46. The van der Waals surface area contributed by atoms with Crippen LogP contribution in [0.15, 0.2) is 34.2 Å². The molecular weight excluding hydrogens is 492 g/mol. The van der Waals surface area contributed by atoms with E-state index in [1.54, 1.807) is 7.11 Å². The first-order valence-electron chi connectivity index (χ1n) is 10.9. The van der Waals surface area contributed by atoms with Crippen molar-refractivity contribution in [2.75, 3.05) is 26.7 Å². The zero-order valence-electron chi connectivity index (χ0n) is 18.3. The van der Waals surface area contributed by atoms with Gasteiger partial charge in [0, 0.05) is 32.1 Å². The van der Waals surface area contributed by atoms with Gasteiger partial charge < -0.3 is 19.5 Å². The normalized spacial score (nSPS) is 14.7. The summed E-state index contributed by atoms with van der Waals surface area (Å²) in [5.41, 5.74) is 2.50. The van der Waals surface area contributed by atoms with Crippen molar-refractivity contribution in [3.63, 3.8) is 0 Å². The van der Waals surface area contributed by atoms with E-state index in [1.165, 1.54) is 11.3 Å². The number of hydrogen-bond donors (Lipinski definition) is 1. The molecule has 0 saturated carbocycles. The van der Waals surface area contributed by atoms with Crippen LogP contribution in [0.1, 0.15) is 42.2 Å². The van der Waals surface area contributed by atoms with E-state index in [4.69, 9.17) is 4.74 Å². The van der Waals surface area contributed by atoms with Gasteiger partial charge in [-0.15, -0.1) is 11.3 Å². The van der Waals surface area contributed by atoms with Crippen molar-refractivity contribution in [2.24, 2.45) is 5.92 Å². The van der Waals surface area contributed by atoms with Gasteiger partial charge in [-0.25, -0.2) is 4.98 Å². The molecule has 7 nitrogen and oxygen atoms in total. The fraction of sp³-hybridized carbons (Fsp3) is 0.435. The van der Waals surface area contributed by atoms with Crippen molar-refractivity contribution >= 4 is 49.4 Å². The second kappa shape index (κ2) is 10.0. The molecule has 2 amide bonds. The maximum atomic E-state index is 13.5. The Bertz CT molecular complexity index is 1100. The van der Waals surface area contributed by atoms with E-state index in [-0.39, 0.29) is 17.7 Å². The predicted octanol–water partition coefficient (Wildman–Crippen LogP) is 4.30. The smallest absolute Gasteiger partial charge is 0.270 e. The van der Waals surface area contributed by atoms with Gasteiger partial charge in [0.1, 0.15) is 11.4 Å². The third-order valence-electron chi connectivity index (χ3n) is 5.84. The van der Waals surface area contributed by atoms with E-state index in [2.05, 4.69) is 26.2 Å². The van der Waals surface area contributed by atoms with Gasteiger partial charge in [0.2, 0.25) is 5.91 Å². The Morgan fingerprint density at radius 2 is 1.97 bits per heavy atom. The van der Waals surface area contributed by atoms with Gasteiger partial charge in [0.05, 0.1) is 11.8 Å². The molecule has 0 radical (unpaired) electrons. The van der Waals surface area contributed by atoms with Crippen LogP contribution in [0, 0.1) is 5.92 Å². The highest BCUT2D eigenvalue weighted by atomic mass is 79.9. The van der Waals surface area contributed by atoms with Crippen molar-refractivity contribution in [1.29, 1.82) is 0 Å². The number of amides is 2. The van der Waals surface area contributed by atoms with Crippen molar-refractivity contribution in [3.05, 3.63) is 45.5 Å². The number of fused-ring (bicyclic) bond motifs is 1. The van der Waals surface area contributed by atoms with Crippen LogP contribution in [0.5, 0.6) is 5.75 Å². The Hall–Kier alpha value is -2.39. The lowest BCUT2D eigenvalue weighted by Crippen LogP contribution is -2.43. The van der Waals surface area contributed by atoms with E-state index in [9.17, 15) is 9.59 Å².